The molecule has 3 rings (SSSR count). The third kappa shape index (κ3) is 2.74. The van der Waals surface area contributed by atoms with E-state index in [-0.39, 0.29) is 0 Å². The lowest BCUT2D eigenvalue weighted by Crippen LogP contribution is -1.88. The molecule has 0 spiro atoms. The van der Waals surface area contributed by atoms with Crippen LogP contribution < -0.4 is 0 Å². The van der Waals surface area contributed by atoms with Gasteiger partial charge in [-0.2, -0.15) is 0 Å². The van der Waals surface area contributed by atoms with Gasteiger partial charge in [-0.1, -0.05) is 80.7 Å². The van der Waals surface area contributed by atoms with Crippen LogP contribution in [0.15, 0.2) is 60.7 Å². The van der Waals surface area contributed by atoms with Gasteiger partial charge in [0.05, 0.1) is 0 Å². The molecule has 0 aliphatic heterocycles. The molecular formula is C21H22S. The van der Waals surface area contributed by atoms with Gasteiger partial charge in [0.25, 0.3) is 0 Å². The molecule has 112 valence electrons. The summed E-state index contributed by atoms with van der Waals surface area (Å²) in [5.41, 5.74) is 2.84. The first-order valence-electron chi connectivity index (χ1n) is 7.92. The van der Waals surface area contributed by atoms with Crippen LogP contribution in [-0.4, -0.2) is 0 Å². The molecule has 2 aromatic rings. The van der Waals surface area contributed by atoms with Crippen molar-refractivity contribution in [3.05, 3.63) is 76.7 Å². The molecule has 0 bridgehead atoms. The molecule has 0 fully saturated rings. The lowest BCUT2D eigenvalue weighted by atomic mass is 9.97. The molecule has 0 saturated carbocycles. The topological polar surface area (TPSA) is 0 Å². The predicted octanol–water partition coefficient (Wildman–Crippen LogP) is 6.82. The molecule has 0 amide bonds. The van der Waals surface area contributed by atoms with Crippen LogP contribution in [0.3, 0.4) is 0 Å². The van der Waals surface area contributed by atoms with Crippen molar-refractivity contribution in [2.45, 2.75) is 32.6 Å². The van der Waals surface area contributed by atoms with E-state index in [1.807, 2.05) is 18.3 Å². The van der Waals surface area contributed by atoms with Crippen LogP contribution in [0.1, 0.15) is 48.6 Å². The van der Waals surface area contributed by atoms with Crippen LogP contribution in [0.25, 0.3) is 16.2 Å². The van der Waals surface area contributed by atoms with Crippen molar-refractivity contribution < 1.29 is 0 Å². The van der Waals surface area contributed by atoms with Gasteiger partial charge in [-0.25, -0.2) is 0 Å². The van der Waals surface area contributed by atoms with Gasteiger partial charge in [0.15, 0.2) is 0 Å². The van der Waals surface area contributed by atoms with Gasteiger partial charge >= 0.3 is 0 Å². The minimum Gasteiger partial charge on any atom is -0.139 e. The second-order valence-corrected chi connectivity index (χ2v) is 6.89. The summed E-state index contributed by atoms with van der Waals surface area (Å²) in [5, 5.41) is 1.40. The summed E-state index contributed by atoms with van der Waals surface area (Å²) in [5.74, 6) is 0.918. The van der Waals surface area contributed by atoms with Crippen LogP contribution in [-0.2, 0) is 0 Å². The zero-order valence-corrected chi connectivity index (χ0v) is 14.2. The van der Waals surface area contributed by atoms with E-state index in [1.54, 1.807) is 0 Å². The number of rotatable bonds is 3. The largest absolute Gasteiger partial charge is 0.139 e. The fourth-order valence-electron chi connectivity index (χ4n) is 2.96. The molecule has 1 aliphatic rings. The summed E-state index contributed by atoms with van der Waals surface area (Å²) in [6, 6.07) is 6.73. The van der Waals surface area contributed by atoms with Crippen molar-refractivity contribution >= 4 is 27.5 Å². The van der Waals surface area contributed by atoms with Gasteiger partial charge in [0.1, 0.15) is 0 Å². The maximum absolute atomic E-state index is 2.28. The Bertz CT molecular complexity index is 784. The fraction of sp³-hybridized carbons (Fsp3) is 0.238. The number of benzene rings is 1. The summed E-state index contributed by atoms with van der Waals surface area (Å²) in [4.78, 5) is 1.48. The average Bonchev–Trinajstić information content (AvgIpc) is 2.80. The van der Waals surface area contributed by atoms with Crippen molar-refractivity contribution in [1.82, 2.24) is 0 Å². The van der Waals surface area contributed by atoms with Gasteiger partial charge in [-0.15, -0.1) is 11.3 Å². The zero-order chi connectivity index (χ0) is 15.5. The highest BCUT2D eigenvalue weighted by atomic mass is 32.1. The Labute approximate surface area is 137 Å². The Morgan fingerprint density at radius 1 is 1.18 bits per heavy atom. The van der Waals surface area contributed by atoms with Gasteiger partial charge in [0.2, 0.25) is 0 Å². The molecule has 0 nitrogen and oxygen atoms in total. The molecule has 1 aliphatic carbocycles. The zero-order valence-electron chi connectivity index (χ0n) is 13.4. The Kier molecular flexibility index (Phi) is 4.44. The monoisotopic (exact) mass is 306 g/mol. The summed E-state index contributed by atoms with van der Waals surface area (Å²) in [6.07, 6.45) is 17.5. The van der Waals surface area contributed by atoms with E-state index in [0.29, 0.717) is 11.8 Å². The number of hydrogen-bond acceptors (Lipinski definition) is 1. The highest BCUT2D eigenvalue weighted by Gasteiger charge is 2.18. The standard InChI is InChI=1S/C21H22S/c1-4-5-6-10-15(2)17-13-9-14-19-18-12-8-7-11-16(3)20(18)22-21(17)19/h4-16H,1-3H3/b5-4-,10-6-. The third-order valence-corrected chi connectivity index (χ3v) is 5.67. The van der Waals surface area contributed by atoms with E-state index in [4.69, 9.17) is 0 Å². The quantitative estimate of drug-likeness (QED) is 0.545. The molecule has 0 N–H and O–H groups in total. The van der Waals surface area contributed by atoms with E-state index in [0.717, 1.165) is 0 Å². The molecule has 1 heteroatoms. The molecule has 1 aromatic heterocycles. The van der Waals surface area contributed by atoms with Crippen LogP contribution in [0.2, 0.25) is 0 Å². The molecule has 2 atom stereocenters. The van der Waals surface area contributed by atoms with Crippen molar-refractivity contribution in [3.63, 3.8) is 0 Å². The van der Waals surface area contributed by atoms with Gasteiger partial charge < -0.3 is 0 Å². The van der Waals surface area contributed by atoms with Crippen molar-refractivity contribution in [1.29, 1.82) is 0 Å². The van der Waals surface area contributed by atoms with E-state index >= 15 is 0 Å². The highest BCUT2D eigenvalue weighted by molar-refractivity contribution is 7.19. The molecule has 1 aromatic carbocycles. The molecular weight excluding hydrogens is 284 g/mol. The molecule has 0 saturated heterocycles. The summed E-state index contributed by atoms with van der Waals surface area (Å²) in [6.45, 7) is 6.61. The summed E-state index contributed by atoms with van der Waals surface area (Å²) < 4.78 is 1.44. The summed E-state index contributed by atoms with van der Waals surface area (Å²) >= 11 is 1.96. The van der Waals surface area contributed by atoms with Gasteiger partial charge in [0, 0.05) is 26.8 Å². The molecule has 2 unspecified atom stereocenters. The Morgan fingerprint density at radius 3 is 2.86 bits per heavy atom. The van der Waals surface area contributed by atoms with Crippen LogP contribution >= 0.6 is 11.3 Å². The minimum atomic E-state index is 0.428. The maximum atomic E-state index is 2.28. The molecule has 1 heterocycles. The van der Waals surface area contributed by atoms with Crippen LogP contribution in [0.4, 0.5) is 0 Å². The minimum absolute atomic E-state index is 0.428. The van der Waals surface area contributed by atoms with E-state index < -0.39 is 0 Å². The Balaban J connectivity index is 2.13. The third-order valence-electron chi connectivity index (χ3n) is 4.19. The highest BCUT2D eigenvalue weighted by Crippen LogP contribution is 2.42. The van der Waals surface area contributed by atoms with Gasteiger partial charge in [-0.05, 0) is 18.1 Å². The number of thiophene rings is 1. The van der Waals surface area contributed by atoms with Crippen LogP contribution in [0.5, 0.6) is 0 Å². The fourth-order valence-corrected chi connectivity index (χ4v) is 4.39. The number of fused-ring (bicyclic) bond motifs is 3. The predicted molar refractivity (Wildman–Crippen MR) is 101 cm³/mol. The first kappa shape index (κ1) is 15.1. The summed E-state index contributed by atoms with van der Waals surface area (Å²) in [7, 11) is 0. The first-order chi connectivity index (χ1) is 10.7. The maximum Gasteiger partial charge on any atom is 0.0390 e. The van der Waals surface area contributed by atoms with Crippen molar-refractivity contribution in [3.8, 4) is 0 Å². The van der Waals surface area contributed by atoms with Crippen molar-refractivity contribution in [2.75, 3.05) is 0 Å². The molecule has 22 heavy (non-hydrogen) atoms. The lowest BCUT2D eigenvalue weighted by Gasteiger charge is -2.08. The number of allylic oxidation sites excluding steroid dienone is 7. The van der Waals surface area contributed by atoms with E-state index in [9.17, 15) is 0 Å². The van der Waals surface area contributed by atoms with E-state index in [1.165, 1.54) is 26.1 Å². The normalized spacial score (nSPS) is 19.1. The second-order valence-electron chi connectivity index (χ2n) is 5.84. The Morgan fingerprint density at radius 2 is 2.05 bits per heavy atom. The van der Waals surface area contributed by atoms with Gasteiger partial charge in [-0.3, -0.25) is 0 Å². The van der Waals surface area contributed by atoms with Crippen LogP contribution in [0, 0.1) is 0 Å². The van der Waals surface area contributed by atoms with E-state index in [2.05, 4.69) is 80.7 Å². The van der Waals surface area contributed by atoms with Crippen molar-refractivity contribution in [2.24, 2.45) is 0 Å². The average molecular weight is 306 g/mol. The first-order valence-corrected chi connectivity index (χ1v) is 8.73. The second kappa shape index (κ2) is 6.50. The lowest BCUT2D eigenvalue weighted by molar-refractivity contribution is 0.982. The number of hydrogen-bond donors (Lipinski definition) is 0. The SMILES string of the molecule is C/C=C\C=C/C(C)c1cccc2c3c(sc12)C(C)C=CC=C3. The molecule has 0 radical (unpaired) electrons. The smallest absolute Gasteiger partial charge is 0.0390 e. The Hall–Kier alpha value is -1.86.